The first-order chi connectivity index (χ1) is 16.5. The lowest BCUT2D eigenvalue weighted by Gasteiger charge is -2.23. The number of anilines is 2. The molecule has 4 rings (SSSR count). The number of carbonyl (C=O) groups excluding carboxylic acids is 1. The third-order valence-electron chi connectivity index (χ3n) is 5.58. The van der Waals surface area contributed by atoms with Gasteiger partial charge in [-0.25, -0.2) is 14.4 Å². The zero-order valence-electron chi connectivity index (χ0n) is 19.0. The maximum absolute atomic E-state index is 14.2. The van der Waals surface area contributed by atoms with E-state index < -0.39 is 11.9 Å². The highest BCUT2D eigenvalue weighted by Gasteiger charge is 2.22. The molecule has 1 saturated heterocycles. The summed E-state index contributed by atoms with van der Waals surface area (Å²) in [6, 6.07) is 13.7. The standard InChI is InChI=1S/C25H25FN6O2/c1-3-15-10-18(30-24(33)23-14-29-8-9-34-23)6-7-19(15)22-12-21(31-25(28-2)32-22)16-4-5-17(13-27)20(26)11-16/h4-7,10-12,23,29H,3,8-9,14H2,1-2H3,(H,30,33)(H,28,31,32)/t23-/m0/s1. The molecule has 0 saturated carbocycles. The molecule has 3 N–H and O–H groups in total. The third-order valence-corrected chi connectivity index (χ3v) is 5.58. The Kier molecular flexibility index (Phi) is 7.11. The molecule has 9 heteroatoms. The van der Waals surface area contributed by atoms with Crippen LogP contribution in [0.5, 0.6) is 0 Å². The summed E-state index contributed by atoms with van der Waals surface area (Å²) < 4.78 is 19.7. The van der Waals surface area contributed by atoms with Gasteiger partial charge < -0.3 is 20.7 Å². The summed E-state index contributed by atoms with van der Waals surface area (Å²) in [5.41, 5.74) is 4.25. The number of morpholine rings is 1. The van der Waals surface area contributed by atoms with Crippen LogP contribution in [-0.2, 0) is 16.0 Å². The topological polar surface area (TPSA) is 112 Å². The van der Waals surface area contributed by atoms with Crippen molar-refractivity contribution >= 4 is 17.5 Å². The maximum atomic E-state index is 14.2. The smallest absolute Gasteiger partial charge is 0.254 e. The van der Waals surface area contributed by atoms with Crippen molar-refractivity contribution in [1.29, 1.82) is 5.26 Å². The first-order valence-electron chi connectivity index (χ1n) is 11.1. The predicted molar refractivity (Wildman–Crippen MR) is 128 cm³/mol. The Bertz CT molecular complexity index is 1250. The van der Waals surface area contributed by atoms with Gasteiger partial charge in [-0.15, -0.1) is 0 Å². The molecular weight excluding hydrogens is 435 g/mol. The molecule has 1 aromatic heterocycles. The van der Waals surface area contributed by atoms with E-state index in [0.717, 1.165) is 17.7 Å². The Morgan fingerprint density at radius 1 is 1.24 bits per heavy atom. The molecule has 0 bridgehead atoms. The van der Waals surface area contributed by atoms with Crippen molar-refractivity contribution in [3.05, 3.63) is 59.4 Å². The van der Waals surface area contributed by atoms with E-state index in [1.165, 1.54) is 12.1 Å². The number of nitriles is 1. The number of carbonyl (C=O) groups is 1. The molecule has 1 aliphatic rings. The molecule has 0 unspecified atom stereocenters. The van der Waals surface area contributed by atoms with Crippen LogP contribution in [0.3, 0.4) is 0 Å². The molecule has 1 amide bonds. The van der Waals surface area contributed by atoms with Crippen LogP contribution in [0.4, 0.5) is 16.0 Å². The Labute approximate surface area is 197 Å². The van der Waals surface area contributed by atoms with Crippen molar-refractivity contribution in [3.8, 4) is 28.6 Å². The second kappa shape index (κ2) is 10.4. The summed E-state index contributed by atoms with van der Waals surface area (Å²) in [6.45, 7) is 3.75. The SMILES string of the molecule is CCc1cc(NC(=O)[C@@H]2CNCCO2)ccc1-c1cc(-c2ccc(C#N)c(F)c2)nc(NC)n1. The minimum Gasteiger partial charge on any atom is -0.366 e. The highest BCUT2D eigenvalue weighted by molar-refractivity contribution is 5.95. The maximum Gasteiger partial charge on any atom is 0.254 e. The van der Waals surface area contributed by atoms with Crippen molar-refractivity contribution in [2.45, 2.75) is 19.4 Å². The van der Waals surface area contributed by atoms with Gasteiger partial charge in [-0.3, -0.25) is 4.79 Å². The monoisotopic (exact) mass is 460 g/mol. The van der Waals surface area contributed by atoms with E-state index in [0.29, 0.717) is 48.2 Å². The Morgan fingerprint density at radius 2 is 2.06 bits per heavy atom. The van der Waals surface area contributed by atoms with Gasteiger partial charge >= 0.3 is 0 Å². The quantitative estimate of drug-likeness (QED) is 0.517. The van der Waals surface area contributed by atoms with Crippen LogP contribution in [0.15, 0.2) is 42.5 Å². The number of halogens is 1. The van der Waals surface area contributed by atoms with Gasteiger partial charge in [0.15, 0.2) is 0 Å². The summed E-state index contributed by atoms with van der Waals surface area (Å²) >= 11 is 0. The first kappa shape index (κ1) is 23.3. The van der Waals surface area contributed by atoms with Gasteiger partial charge in [0.1, 0.15) is 18.0 Å². The van der Waals surface area contributed by atoms with E-state index in [1.807, 2.05) is 31.2 Å². The Morgan fingerprint density at radius 3 is 2.74 bits per heavy atom. The lowest BCUT2D eigenvalue weighted by atomic mass is 9.99. The van der Waals surface area contributed by atoms with E-state index in [9.17, 15) is 9.18 Å². The fourth-order valence-corrected chi connectivity index (χ4v) is 3.78. The van der Waals surface area contributed by atoms with Gasteiger partial charge in [-0.2, -0.15) is 5.26 Å². The van der Waals surface area contributed by atoms with Crippen LogP contribution >= 0.6 is 0 Å². The summed E-state index contributed by atoms with van der Waals surface area (Å²) in [7, 11) is 1.71. The molecule has 8 nitrogen and oxygen atoms in total. The second-order valence-electron chi connectivity index (χ2n) is 7.80. The number of benzene rings is 2. The third kappa shape index (κ3) is 5.03. The summed E-state index contributed by atoms with van der Waals surface area (Å²) in [4.78, 5) is 21.6. The number of nitrogens with zero attached hydrogens (tertiary/aromatic N) is 3. The molecule has 1 atom stereocenters. The van der Waals surface area contributed by atoms with E-state index in [1.54, 1.807) is 19.2 Å². The lowest BCUT2D eigenvalue weighted by Crippen LogP contribution is -2.45. The number of hydrogen-bond acceptors (Lipinski definition) is 7. The predicted octanol–water partition coefficient (Wildman–Crippen LogP) is 3.35. The van der Waals surface area contributed by atoms with E-state index in [-0.39, 0.29) is 11.5 Å². The van der Waals surface area contributed by atoms with E-state index in [4.69, 9.17) is 10.00 Å². The van der Waals surface area contributed by atoms with Crippen LogP contribution < -0.4 is 16.0 Å². The molecule has 0 spiro atoms. The Hall–Kier alpha value is -3.87. The summed E-state index contributed by atoms with van der Waals surface area (Å²) in [6.07, 6.45) is 0.189. The molecule has 3 aromatic rings. The average molecular weight is 461 g/mol. The minimum absolute atomic E-state index is 0.0211. The van der Waals surface area contributed by atoms with Crippen LogP contribution in [0, 0.1) is 17.1 Å². The molecule has 1 aliphatic heterocycles. The van der Waals surface area contributed by atoms with Crippen molar-refractivity contribution in [2.75, 3.05) is 37.4 Å². The number of amides is 1. The van der Waals surface area contributed by atoms with E-state index >= 15 is 0 Å². The van der Waals surface area contributed by atoms with Crippen LogP contribution in [-0.4, -0.2) is 48.7 Å². The number of aromatic nitrogens is 2. The van der Waals surface area contributed by atoms with Crippen LogP contribution in [0.1, 0.15) is 18.1 Å². The highest BCUT2D eigenvalue weighted by Crippen LogP contribution is 2.30. The number of hydrogen-bond donors (Lipinski definition) is 3. The Balaban J connectivity index is 1.66. The number of nitrogens with one attached hydrogen (secondary N) is 3. The van der Waals surface area contributed by atoms with E-state index in [2.05, 4.69) is 25.9 Å². The molecule has 34 heavy (non-hydrogen) atoms. The van der Waals surface area contributed by atoms with Gasteiger partial charge in [0.2, 0.25) is 5.95 Å². The molecular formula is C25H25FN6O2. The van der Waals surface area contributed by atoms with Crippen molar-refractivity contribution in [1.82, 2.24) is 15.3 Å². The van der Waals surface area contributed by atoms with Crippen molar-refractivity contribution < 1.29 is 13.9 Å². The molecule has 0 aliphatic carbocycles. The fraction of sp³-hybridized carbons (Fsp3) is 0.280. The molecule has 2 aromatic carbocycles. The minimum atomic E-state index is -0.599. The fourth-order valence-electron chi connectivity index (χ4n) is 3.78. The average Bonchev–Trinajstić information content (AvgIpc) is 2.88. The van der Waals surface area contributed by atoms with Crippen molar-refractivity contribution in [2.24, 2.45) is 0 Å². The van der Waals surface area contributed by atoms with Crippen molar-refractivity contribution in [3.63, 3.8) is 0 Å². The lowest BCUT2D eigenvalue weighted by molar-refractivity contribution is -0.128. The molecule has 174 valence electrons. The number of rotatable bonds is 6. The highest BCUT2D eigenvalue weighted by atomic mass is 19.1. The van der Waals surface area contributed by atoms with Crippen LogP contribution in [0.25, 0.3) is 22.5 Å². The van der Waals surface area contributed by atoms with Crippen LogP contribution in [0.2, 0.25) is 0 Å². The van der Waals surface area contributed by atoms with Gasteiger partial charge in [-0.1, -0.05) is 19.1 Å². The van der Waals surface area contributed by atoms with Gasteiger partial charge in [0, 0.05) is 37.0 Å². The molecule has 2 heterocycles. The normalized spacial score (nSPS) is 15.4. The summed E-state index contributed by atoms with van der Waals surface area (Å²) in [5.74, 6) is -0.400. The number of ether oxygens (including phenoxy) is 1. The van der Waals surface area contributed by atoms with Gasteiger partial charge in [-0.05, 0) is 42.3 Å². The number of aryl methyl sites for hydroxylation is 1. The molecule has 1 fully saturated rings. The van der Waals surface area contributed by atoms with Gasteiger partial charge in [0.25, 0.3) is 5.91 Å². The zero-order chi connectivity index (χ0) is 24.1. The zero-order valence-corrected chi connectivity index (χ0v) is 19.0. The second-order valence-corrected chi connectivity index (χ2v) is 7.80. The largest absolute Gasteiger partial charge is 0.366 e. The van der Waals surface area contributed by atoms with Gasteiger partial charge in [0.05, 0.1) is 23.6 Å². The first-order valence-corrected chi connectivity index (χ1v) is 11.1. The molecule has 0 radical (unpaired) electrons. The summed E-state index contributed by atoms with van der Waals surface area (Å²) in [5, 5.41) is 18.0.